The third-order valence-electron chi connectivity index (χ3n) is 3.06. The molecule has 0 saturated carbocycles. The van der Waals surface area contributed by atoms with E-state index < -0.39 is 0 Å². The molecule has 1 aromatic carbocycles. The topological polar surface area (TPSA) is 39.7 Å². The monoisotopic (exact) mass is 265 g/mol. The summed E-state index contributed by atoms with van der Waals surface area (Å²) in [4.78, 5) is 0. The van der Waals surface area contributed by atoms with Gasteiger partial charge in [-0.05, 0) is 32.9 Å². The molecule has 1 atom stereocenters. The molecule has 19 heavy (non-hydrogen) atoms. The van der Waals surface area contributed by atoms with Crippen molar-refractivity contribution >= 4 is 0 Å². The van der Waals surface area contributed by atoms with Gasteiger partial charge in [0.1, 0.15) is 12.7 Å². The van der Waals surface area contributed by atoms with Gasteiger partial charge in [0.25, 0.3) is 0 Å². The van der Waals surface area contributed by atoms with Gasteiger partial charge < -0.3 is 19.5 Å². The molecule has 2 rings (SSSR count). The highest BCUT2D eigenvalue weighted by Gasteiger charge is 2.27. The highest BCUT2D eigenvalue weighted by Crippen LogP contribution is 2.26. The summed E-state index contributed by atoms with van der Waals surface area (Å²) < 4.78 is 17.1. The molecule has 1 N–H and O–H groups in total. The maximum Gasteiger partial charge on any atom is 0.161 e. The quantitative estimate of drug-likeness (QED) is 0.886. The first-order valence-corrected chi connectivity index (χ1v) is 6.82. The Morgan fingerprint density at radius 3 is 2.53 bits per heavy atom. The molecule has 106 valence electrons. The van der Waals surface area contributed by atoms with E-state index in [1.54, 1.807) is 0 Å². The molecule has 1 unspecified atom stereocenters. The van der Waals surface area contributed by atoms with E-state index in [9.17, 15) is 0 Å². The number of hydrogen-bond donors (Lipinski definition) is 1. The van der Waals surface area contributed by atoms with Gasteiger partial charge in [-0.1, -0.05) is 12.1 Å². The zero-order valence-electron chi connectivity index (χ0n) is 11.9. The van der Waals surface area contributed by atoms with E-state index in [2.05, 4.69) is 19.2 Å². The second kappa shape index (κ2) is 6.26. The van der Waals surface area contributed by atoms with Gasteiger partial charge >= 0.3 is 0 Å². The molecule has 0 amide bonds. The van der Waals surface area contributed by atoms with Crippen LogP contribution in [-0.2, 0) is 4.74 Å². The molecule has 1 aromatic rings. The van der Waals surface area contributed by atoms with Crippen LogP contribution in [-0.4, -0.2) is 38.0 Å². The first-order chi connectivity index (χ1) is 9.11. The lowest BCUT2D eigenvalue weighted by Gasteiger charge is -2.35. The Morgan fingerprint density at radius 2 is 1.95 bits per heavy atom. The normalized spacial score (nSPS) is 21.9. The molecule has 0 spiro atoms. The Labute approximate surface area is 115 Å². The Balaban J connectivity index is 1.86. The summed E-state index contributed by atoms with van der Waals surface area (Å²) >= 11 is 0. The number of hydrogen-bond acceptors (Lipinski definition) is 4. The van der Waals surface area contributed by atoms with E-state index in [1.165, 1.54) is 0 Å². The van der Waals surface area contributed by atoms with Crippen LogP contribution in [0, 0.1) is 0 Å². The van der Waals surface area contributed by atoms with Gasteiger partial charge in [0, 0.05) is 12.1 Å². The zero-order valence-corrected chi connectivity index (χ0v) is 11.9. The summed E-state index contributed by atoms with van der Waals surface area (Å²) in [6.45, 7) is 8.91. The van der Waals surface area contributed by atoms with Crippen molar-refractivity contribution < 1.29 is 14.2 Å². The molecule has 4 heteroatoms. The van der Waals surface area contributed by atoms with Gasteiger partial charge in [-0.25, -0.2) is 0 Å². The van der Waals surface area contributed by atoms with E-state index in [-0.39, 0.29) is 11.6 Å². The van der Waals surface area contributed by atoms with Crippen LogP contribution in [0.25, 0.3) is 0 Å². The number of morpholine rings is 1. The first kappa shape index (κ1) is 14.2. The number of rotatable bonds is 5. The summed E-state index contributed by atoms with van der Waals surface area (Å²) in [7, 11) is 0. The number of nitrogens with one attached hydrogen (secondary N) is 1. The minimum Gasteiger partial charge on any atom is -0.490 e. The summed E-state index contributed by atoms with van der Waals surface area (Å²) in [6.07, 6.45) is 0.0858. The molecule has 1 heterocycles. The zero-order chi connectivity index (χ0) is 13.7. The van der Waals surface area contributed by atoms with Crippen molar-refractivity contribution in [3.63, 3.8) is 0 Å². The number of ether oxygens (including phenoxy) is 3. The molecule has 0 radical (unpaired) electrons. The molecule has 4 nitrogen and oxygen atoms in total. The van der Waals surface area contributed by atoms with Crippen LogP contribution >= 0.6 is 0 Å². The van der Waals surface area contributed by atoms with Crippen molar-refractivity contribution in [2.24, 2.45) is 0 Å². The Kier molecular flexibility index (Phi) is 4.66. The maximum absolute atomic E-state index is 5.81. The number of para-hydroxylation sites is 2. The summed E-state index contributed by atoms with van der Waals surface area (Å²) in [6, 6.07) is 7.73. The molecule has 0 aliphatic carbocycles. The van der Waals surface area contributed by atoms with Crippen molar-refractivity contribution in [1.29, 1.82) is 0 Å². The fourth-order valence-corrected chi connectivity index (χ4v) is 1.96. The fourth-order valence-electron chi connectivity index (χ4n) is 1.96. The van der Waals surface area contributed by atoms with Crippen molar-refractivity contribution in [3.05, 3.63) is 24.3 Å². The van der Waals surface area contributed by atoms with Crippen molar-refractivity contribution in [1.82, 2.24) is 5.32 Å². The first-order valence-electron chi connectivity index (χ1n) is 6.82. The lowest BCUT2D eigenvalue weighted by Crippen LogP contribution is -2.54. The van der Waals surface area contributed by atoms with E-state index in [1.807, 2.05) is 31.2 Å². The van der Waals surface area contributed by atoms with Gasteiger partial charge in [0.15, 0.2) is 11.5 Å². The predicted octanol–water partition coefficient (Wildman–Crippen LogP) is 2.23. The summed E-state index contributed by atoms with van der Waals surface area (Å²) in [5.41, 5.74) is 0.0553. The molecule has 0 bridgehead atoms. The molecular weight excluding hydrogens is 242 g/mol. The van der Waals surface area contributed by atoms with Gasteiger partial charge in [-0.3, -0.25) is 0 Å². The summed E-state index contributed by atoms with van der Waals surface area (Å²) in [5, 5.41) is 3.45. The van der Waals surface area contributed by atoms with Crippen LogP contribution < -0.4 is 14.8 Å². The lowest BCUT2D eigenvalue weighted by molar-refractivity contribution is -0.0415. The second-order valence-electron chi connectivity index (χ2n) is 5.39. The maximum atomic E-state index is 5.81. The van der Waals surface area contributed by atoms with Gasteiger partial charge in [0.2, 0.25) is 0 Å². The van der Waals surface area contributed by atoms with Crippen LogP contribution in [0.2, 0.25) is 0 Å². The molecule has 0 aromatic heterocycles. The molecule has 1 saturated heterocycles. The largest absolute Gasteiger partial charge is 0.490 e. The Bertz CT molecular complexity index is 396. The van der Waals surface area contributed by atoms with Crippen LogP contribution in [0.4, 0.5) is 0 Å². The van der Waals surface area contributed by atoms with Crippen LogP contribution in [0.3, 0.4) is 0 Å². The predicted molar refractivity (Wildman–Crippen MR) is 74.9 cm³/mol. The van der Waals surface area contributed by atoms with Gasteiger partial charge in [0.05, 0.1) is 13.2 Å². The Hall–Kier alpha value is -1.26. The van der Waals surface area contributed by atoms with Gasteiger partial charge in [-0.15, -0.1) is 0 Å². The average molecular weight is 265 g/mol. The molecule has 1 fully saturated rings. The van der Waals surface area contributed by atoms with E-state index >= 15 is 0 Å². The minimum atomic E-state index is 0.0553. The van der Waals surface area contributed by atoms with Crippen molar-refractivity contribution in [3.8, 4) is 11.5 Å². The second-order valence-corrected chi connectivity index (χ2v) is 5.39. The molecule has 1 aliphatic heterocycles. The van der Waals surface area contributed by atoms with Crippen LogP contribution in [0.1, 0.15) is 20.8 Å². The minimum absolute atomic E-state index is 0.0553. The lowest BCUT2D eigenvalue weighted by atomic mass is 10.1. The standard InChI is InChI=1S/C15H23NO3/c1-4-17-13-7-5-6-8-14(13)18-10-12-9-16-15(2,3)11-19-12/h5-8,12,16H,4,9-11H2,1-3H3. The fraction of sp³-hybridized carbons (Fsp3) is 0.600. The summed E-state index contributed by atoms with van der Waals surface area (Å²) in [5.74, 6) is 1.56. The third-order valence-corrected chi connectivity index (χ3v) is 3.06. The molecular formula is C15H23NO3. The third kappa shape index (κ3) is 4.11. The van der Waals surface area contributed by atoms with Crippen molar-refractivity contribution in [2.45, 2.75) is 32.4 Å². The Morgan fingerprint density at radius 1 is 1.26 bits per heavy atom. The van der Waals surface area contributed by atoms with Crippen LogP contribution in [0.5, 0.6) is 11.5 Å². The van der Waals surface area contributed by atoms with E-state index in [0.29, 0.717) is 19.8 Å². The highest BCUT2D eigenvalue weighted by atomic mass is 16.5. The SMILES string of the molecule is CCOc1ccccc1OCC1CNC(C)(C)CO1. The van der Waals surface area contributed by atoms with Crippen molar-refractivity contribution in [2.75, 3.05) is 26.4 Å². The van der Waals surface area contributed by atoms with E-state index in [0.717, 1.165) is 18.0 Å². The number of benzene rings is 1. The smallest absolute Gasteiger partial charge is 0.161 e. The van der Waals surface area contributed by atoms with Gasteiger partial charge in [-0.2, -0.15) is 0 Å². The van der Waals surface area contributed by atoms with Crippen LogP contribution in [0.15, 0.2) is 24.3 Å². The highest BCUT2D eigenvalue weighted by molar-refractivity contribution is 5.39. The van der Waals surface area contributed by atoms with E-state index in [4.69, 9.17) is 14.2 Å². The molecule has 1 aliphatic rings. The average Bonchev–Trinajstić information content (AvgIpc) is 2.39.